The first-order chi connectivity index (χ1) is 4.81. The molecule has 10 heavy (non-hydrogen) atoms. The van der Waals surface area contributed by atoms with Crippen LogP contribution in [0.15, 0.2) is 0 Å². The number of rotatable bonds is 4. The monoisotopic (exact) mass is 158 g/mol. The lowest BCUT2D eigenvalue weighted by molar-refractivity contribution is -0.120. The van der Waals surface area contributed by atoms with Gasteiger partial charge in [0.15, 0.2) is 0 Å². The maximum atomic E-state index is 10.7. The summed E-state index contributed by atoms with van der Waals surface area (Å²) >= 11 is 1.62. The average Bonchev–Trinajstić information content (AvgIpc) is 1.97. The molecule has 56 valence electrons. The summed E-state index contributed by atoms with van der Waals surface area (Å²) in [6, 6.07) is 1.84. The van der Waals surface area contributed by atoms with Crippen LogP contribution in [0.4, 0.5) is 0 Å². The van der Waals surface area contributed by atoms with E-state index in [1.54, 1.807) is 11.8 Å². The molecule has 4 heteroatoms. The molecular weight excluding hydrogens is 148 g/mol. The summed E-state index contributed by atoms with van der Waals surface area (Å²) in [7, 11) is 0. The van der Waals surface area contributed by atoms with Gasteiger partial charge >= 0.3 is 0 Å². The molecule has 0 bridgehead atoms. The number of thioether (sulfide) groups is 1. The van der Waals surface area contributed by atoms with Gasteiger partial charge in [0.25, 0.3) is 0 Å². The van der Waals surface area contributed by atoms with Crippen molar-refractivity contribution in [2.24, 2.45) is 0 Å². The lowest BCUT2D eigenvalue weighted by Crippen LogP contribution is -2.23. The number of carbonyl (C=O) groups is 1. The third kappa shape index (κ3) is 5.45. The molecule has 1 N–H and O–H groups in total. The first kappa shape index (κ1) is 9.31. The fraction of sp³-hybridized carbons (Fsp3) is 0.667. The van der Waals surface area contributed by atoms with E-state index in [2.05, 4.69) is 5.32 Å². The maximum absolute atomic E-state index is 10.7. The van der Waals surface area contributed by atoms with E-state index in [4.69, 9.17) is 5.26 Å². The molecule has 3 nitrogen and oxygen atoms in total. The number of nitriles is 1. The van der Waals surface area contributed by atoms with Crippen molar-refractivity contribution in [2.75, 3.05) is 18.6 Å². The molecule has 0 aromatic carbocycles. The average molecular weight is 158 g/mol. The molecule has 0 fully saturated rings. The van der Waals surface area contributed by atoms with Crippen molar-refractivity contribution >= 4 is 17.7 Å². The van der Waals surface area contributed by atoms with Crippen molar-refractivity contribution in [3.8, 4) is 6.07 Å². The van der Waals surface area contributed by atoms with Gasteiger partial charge in [-0.05, 0) is 6.26 Å². The van der Waals surface area contributed by atoms with Gasteiger partial charge < -0.3 is 5.32 Å². The SMILES string of the molecule is CSCCC(=O)NCC#N. The topological polar surface area (TPSA) is 52.9 Å². The van der Waals surface area contributed by atoms with Crippen molar-refractivity contribution in [3.05, 3.63) is 0 Å². The minimum atomic E-state index is -0.0455. The van der Waals surface area contributed by atoms with Gasteiger partial charge in [-0.2, -0.15) is 17.0 Å². The van der Waals surface area contributed by atoms with Crippen LogP contribution in [0.25, 0.3) is 0 Å². The van der Waals surface area contributed by atoms with Crippen molar-refractivity contribution in [1.82, 2.24) is 5.32 Å². The van der Waals surface area contributed by atoms with Crippen molar-refractivity contribution in [3.63, 3.8) is 0 Å². The summed E-state index contributed by atoms with van der Waals surface area (Å²) in [5, 5.41) is 10.5. The highest BCUT2D eigenvalue weighted by Gasteiger charge is 1.96. The molecule has 0 rings (SSSR count). The van der Waals surface area contributed by atoms with E-state index in [0.717, 1.165) is 5.75 Å². The Hall–Kier alpha value is -0.690. The number of carbonyl (C=O) groups excluding carboxylic acids is 1. The first-order valence-electron chi connectivity index (χ1n) is 2.94. The molecule has 0 aromatic rings. The van der Waals surface area contributed by atoms with Crippen molar-refractivity contribution in [2.45, 2.75) is 6.42 Å². The summed E-state index contributed by atoms with van der Waals surface area (Å²) in [6.07, 6.45) is 2.44. The molecule has 0 spiro atoms. The molecule has 0 aliphatic rings. The first-order valence-corrected chi connectivity index (χ1v) is 4.33. The standard InChI is InChI=1S/C6H10N2OS/c1-10-5-2-6(9)8-4-3-7/h2,4-5H2,1H3,(H,8,9). The Morgan fingerprint density at radius 2 is 2.50 bits per heavy atom. The zero-order chi connectivity index (χ0) is 7.82. The van der Waals surface area contributed by atoms with Gasteiger partial charge in [-0.1, -0.05) is 0 Å². The van der Waals surface area contributed by atoms with Crippen LogP contribution in [0.2, 0.25) is 0 Å². The molecule has 0 aromatic heterocycles. The van der Waals surface area contributed by atoms with Crippen LogP contribution < -0.4 is 5.32 Å². The number of hydrogen-bond donors (Lipinski definition) is 1. The maximum Gasteiger partial charge on any atom is 0.221 e. The smallest absolute Gasteiger partial charge is 0.221 e. The highest BCUT2D eigenvalue weighted by atomic mass is 32.2. The largest absolute Gasteiger partial charge is 0.343 e. The molecular formula is C6H10N2OS. The minimum absolute atomic E-state index is 0.0455. The van der Waals surface area contributed by atoms with Gasteiger partial charge in [-0.3, -0.25) is 4.79 Å². The molecule has 0 saturated carbocycles. The van der Waals surface area contributed by atoms with Gasteiger partial charge in [0.1, 0.15) is 6.54 Å². The summed E-state index contributed by atoms with van der Waals surface area (Å²) < 4.78 is 0. The van der Waals surface area contributed by atoms with E-state index in [-0.39, 0.29) is 12.5 Å². The summed E-state index contributed by atoms with van der Waals surface area (Å²) in [5.74, 6) is 0.771. The van der Waals surface area contributed by atoms with E-state index < -0.39 is 0 Å². The third-order valence-electron chi connectivity index (χ3n) is 0.898. The Bertz CT molecular complexity index is 141. The van der Waals surface area contributed by atoms with E-state index in [1.165, 1.54) is 0 Å². The molecule has 0 unspecified atom stereocenters. The fourth-order valence-electron chi connectivity index (χ4n) is 0.421. The lowest BCUT2D eigenvalue weighted by atomic mass is 10.4. The van der Waals surface area contributed by atoms with Gasteiger partial charge in [0, 0.05) is 12.2 Å². The van der Waals surface area contributed by atoms with Gasteiger partial charge in [-0.25, -0.2) is 0 Å². The zero-order valence-corrected chi connectivity index (χ0v) is 6.70. The summed E-state index contributed by atoms with van der Waals surface area (Å²) in [4.78, 5) is 10.7. The Kier molecular flexibility index (Phi) is 5.99. The molecule has 0 aliphatic carbocycles. The second kappa shape index (κ2) is 6.43. The predicted octanol–water partition coefficient (Wildman–Crippen LogP) is 0.379. The molecule has 0 aliphatic heterocycles. The zero-order valence-electron chi connectivity index (χ0n) is 5.89. The quantitative estimate of drug-likeness (QED) is 0.602. The van der Waals surface area contributed by atoms with Crippen LogP contribution in [-0.2, 0) is 4.79 Å². The van der Waals surface area contributed by atoms with Crippen molar-refractivity contribution in [1.29, 1.82) is 5.26 Å². The van der Waals surface area contributed by atoms with Crippen LogP contribution in [0.3, 0.4) is 0 Å². The number of nitrogens with one attached hydrogen (secondary N) is 1. The third-order valence-corrected chi connectivity index (χ3v) is 1.51. The number of amides is 1. The summed E-state index contributed by atoms with van der Waals surface area (Å²) in [5.41, 5.74) is 0. The van der Waals surface area contributed by atoms with Crippen LogP contribution in [0.1, 0.15) is 6.42 Å². The van der Waals surface area contributed by atoms with Crippen LogP contribution in [0, 0.1) is 11.3 Å². The van der Waals surface area contributed by atoms with E-state index in [9.17, 15) is 4.79 Å². The van der Waals surface area contributed by atoms with Gasteiger partial charge in [0.2, 0.25) is 5.91 Å². The Balaban J connectivity index is 3.19. The Labute approximate surface area is 64.8 Å². The van der Waals surface area contributed by atoms with Crippen LogP contribution in [-0.4, -0.2) is 24.5 Å². The number of hydrogen-bond acceptors (Lipinski definition) is 3. The Morgan fingerprint density at radius 1 is 1.80 bits per heavy atom. The predicted molar refractivity (Wildman–Crippen MR) is 41.6 cm³/mol. The van der Waals surface area contributed by atoms with Gasteiger partial charge in [0.05, 0.1) is 6.07 Å². The van der Waals surface area contributed by atoms with E-state index in [0.29, 0.717) is 6.42 Å². The second-order valence-corrected chi connectivity index (χ2v) is 2.66. The number of nitrogens with zero attached hydrogens (tertiary/aromatic N) is 1. The molecule has 1 amide bonds. The van der Waals surface area contributed by atoms with Crippen molar-refractivity contribution < 1.29 is 4.79 Å². The fourth-order valence-corrected chi connectivity index (χ4v) is 0.811. The Morgan fingerprint density at radius 3 is 3.00 bits per heavy atom. The summed E-state index contributed by atoms with van der Waals surface area (Å²) in [6.45, 7) is 0.118. The molecule has 0 heterocycles. The normalized spacial score (nSPS) is 8.40. The van der Waals surface area contributed by atoms with Gasteiger partial charge in [-0.15, -0.1) is 0 Å². The molecule has 0 radical (unpaired) electrons. The highest BCUT2D eigenvalue weighted by molar-refractivity contribution is 7.98. The highest BCUT2D eigenvalue weighted by Crippen LogP contribution is 1.93. The van der Waals surface area contributed by atoms with Crippen LogP contribution >= 0.6 is 11.8 Å². The van der Waals surface area contributed by atoms with E-state index in [1.807, 2.05) is 12.3 Å². The second-order valence-electron chi connectivity index (χ2n) is 1.68. The molecule has 0 saturated heterocycles. The van der Waals surface area contributed by atoms with Crippen LogP contribution in [0.5, 0.6) is 0 Å². The molecule has 0 atom stereocenters. The van der Waals surface area contributed by atoms with E-state index >= 15 is 0 Å². The minimum Gasteiger partial charge on any atom is -0.343 e. The lowest BCUT2D eigenvalue weighted by Gasteiger charge is -1.96.